The van der Waals surface area contributed by atoms with Crippen molar-refractivity contribution in [2.75, 3.05) is 6.67 Å². The maximum Gasteiger partial charge on any atom is 0.423 e. The molecule has 0 fully saturated rings. The molecular formula is C4H4F6O2. The van der Waals surface area contributed by atoms with Gasteiger partial charge in [-0.15, -0.1) is 0 Å². The smallest absolute Gasteiger partial charge is 0.355 e. The molecule has 2 N–H and O–H groups in total. The van der Waals surface area contributed by atoms with E-state index in [0.717, 1.165) is 0 Å². The molecule has 0 amide bonds. The first-order chi connectivity index (χ1) is 5.06. The Hall–Kier alpha value is -0.500. The fourth-order valence-corrected chi connectivity index (χ4v) is 0.314. The van der Waals surface area contributed by atoms with Crippen LogP contribution in [0.5, 0.6) is 0 Å². The molecule has 0 saturated carbocycles. The predicted molar refractivity (Wildman–Crippen MR) is 24.1 cm³/mol. The summed E-state index contributed by atoms with van der Waals surface area (Å²) in [5.74, 6) is -11.0. The van der Waals surface area contributed by atoms with E-state index in [1.807, 2.05) is 0 Å². The molecule has 0 heterocycles. The van der Waals surface area contributed by atoms with Crippen LogP contribution in [0.1, 0.15) is 0 Å². The first-order valence-electron chi connectivity index (χ1n) is 2.51. The third-order valence-electron chi connectivity index (χ3n) is 1.04. The standard InChI is InChI=1S/C4H4F6O2/c5-1-2(6,11)3(7,8)4(9,10)12/h11-12H,1H2. The Morgan fingerprint density at radius 1 is 0.917 bits per heavy atom. The first-order valence-corrected chi connectivity index (χ1v) is 2.51. The molecule has 0 saturated heterocycles. The molecule has 0 aromatic heterocycles. The minimum absolute atomic E-state index is 2.75. The molecule has 0 aromatic carbocycles. The average Bonchev–Trinajstić information content (AvgIpc) is 1.85. The van der Waals surface area contributed by atoms with Crippen molar-refractivity contribution in [2.45, 2.75) is 17.9 Å². The lowest BCUT2D eigenvalue weighted by molar-refractivity contribution is -0.400. The lowest BCUT2D eigenvalue weighted by Gasteiger charge is -2.28. The molecule has 0 aliphatic rings. The molecule has 0 radical (unpaired) electrons. The molecule has 1 atom stereocenters. The summed E-state index contributed by atoms with van der Waals surface area (Å²) in [7, 11) is 0. The van der Waals surface area contributed by atoms with E-state index in [0.29, 0.717) is 0 Å². The van der Waals surface area contributed by atoms with E-state index < -0.39 is 24.6 Å². The summed E-state index contributed by atoms with van der Waals surface area (Å²) in [6.07, 6.45) is -5.82. The van der Waals surface area contributed by atoms with E-state index in [-0.39, 0.29) is 0 Å². The van der Waals surface area contributed by atoms with E-state index in [1.165, 1.54) is 0 Å². The van der Waals surface area contributed by atoms with E-state index in [1.54, 1.807) is 0 Å². The molecule has 12 heavy (non-hydrogen) atoms. The molecule has 2 nitrogen and oxygen atoms in total. The Morgan fingerprint density at radius 2 is 1.25 bits per heavy atom. The number of alkyl halides is 6. The topological polar surface area (TPSA) is 40.5 Å². The second kappa shape index (κ2) is 2.77. The van der Waals surface area contributed by atoms with Gasteiger partial charge in [-0.1, -0.05) is 0 Å². The van der Waals surface area contributed by atoms with Crippen molar-refractivity contribution in [3.8, 4) is 0 Å². The summed E-state index contributed by atoms with van der Waals surface area (Å²) < 4.78 is 69.7. The zero-order valence-electron chi connectivity index (χ0n) is 5.37. The van der Waals surface area contributed by atoms with Crippen molar-refractivity contribution in [3.63, 3.8) is 0 Å². The Balaban J connectivity index is 4.85. The second-order valence-corrected chi connectivity index (χ2v) is 2.01. The Morgan fingerprint density at radius 3 is 1.33 bits per heavy atom. The van der Waals surface area contributed by atoms with E-state index in [4.69, 9.17) is 10.2 Å². The highest BCUT2D eigenvalue weighted by atomic mass is 19.3. The summed E-state index contributed by atoms with van der Waals surface area (Å²) >= 11 is 0. The average molecular weight is 198 g/mol. The van der Waals surface area contributed by atoms with Crippen molar-refractivity contribution < 1.29 is 36.6 Å². The van der Waals surface area contributed by atoms with Crippen LogP contribution in [-0.4, -0.2) is 34.8 Å². The van der Waals surface area contributed by atoms with Crippen LogP contribution in [0.2, 0.25) is 0 Å². The van der Waals surface area contributed by atoms with Gasteiger partial charge in [0, 0.05) is 0 Å². The highest BCUT2D eigenvalue weighted by molar-refractivity contribution is 4.89. The van der Waals surface area contributed by atoms with Gasteiger partial charge in [0.1, 0.15) is 0 Å². The largest absolute Gasteiger partial charge is 0.423 e. The van der Waals surface area contributed by atoms with Crippen LogP contribution in [0.4, 0.5) is 26.3 Å². The molecule has 74 valence electrons. The van der Waals surface area contributed by atoms with Crippen molar-refractivity contribution in [1.29, 1.82) is 0 Å². The minimum Gasteiger partial charge on any atom is -0.355 e. The van der Waals surface area contributed by atoms with Crippen LogP contribution in [0, 0.1) is 0 Å². The van der Waals surface area contributed by atoms with Gasteiger partial charge in [-0.3, -0.25) is 0 Å². The summed E-state index contributed by atoms with van der Waals surface area (Å²) in [5.41, 5.74) is 0. The maximum absolute atomic E-state index is 11.9. The normalized spacial score (nSPS) is 19.0. The maximum atomic E-state index is 11.9. The van der Waals surface area contributed by atoms with Crippen LogP contribution in [0.25, 0.3) is 0 Å². The SMILES string of the molecule is OC(F)(F)C(F)(F)C(O)(F)CF. The van der Waals surface area contributed by atoms with Gasteiger partial charge in [0.05, 0.1) is 0 Å². The molecule has 0 aliphatic carbocycles. The number of hydrogen-bond acceptors (Lipinski definition) is 2. The Labute approximate surface area is 62.4 Å². The summed E-state index contributed by atoms with van der Waals surface area (Å²) in [6.45, 7) is -2.75. The molecule has 0 bridgehead atoms. The van der Waals surface area contributed by atoms with Crippen LogP contribution in [-0.2, 0) is 0 Å². The van der Waals surface area contributed by atoms with E-state index in [9.17, 15) is 26.3 Å². The van der Waals surface area contributed by atoms with Crippen molar-refractivity contribution >= 4 is 0 Å². The second-order valence-electron chi connectivity index (χ2n) is 2.01. The fraction of sp³-hybridized carbons (Fsp3) is 1.00. The van der Waals surface area contributed by atoms with Crippen molar-refractivity contribution in [3.05, 3.63) is 0 Å². The molecule has 0 spiro atoms. The van der Waals surface area contributed by atoms with Gasteiger partial charge >= 0.3 is 17.9 Å². The van der Waals surface area contributed by atoms with Crippen molar-refractivity contribution in [2.24, 2.45) is 0 Å². The number of rotatable bonds is 3. The third kappa shape index (κ3) is 1.63. The van der Waals surface area contributed by atoms with Gasteiger partial charge in [0.2, 0.25) is 0 Å². The first kappa shape index (κ1) is 11.5. The third-order valence-corrected chi connectivity index (χ3v) is 1.04. The Bertz CT molecular complexity index is 161. The Kier molecular flexibility index (Phi) is 2.65. The zero-order valence-corrected chi connectivity index (χ0v) is 5.37. The number of hydrogen-bond donors (Lipinski definition) is 2. The van der Waals surface area contributed by atoms with Crippen LogP contribution < -0.4 is 0 Å². The summed E-state index contributed by atoms with van der Waals surface area (Å²) in [5, 5.41) is 15.1. The quantitative estimate of drug-likeness (QED) is 0.659. The number of aliphatic hydroxyl groups is 2. The molecule has 0 aliphatic heterocycles. The summed E-state index contributed by atoms with van der Waals surface area (Å²) in [4.78, 5) is 0. The number of halogens is 6. The van der Waals surface area contributed by atoms with E-state index in [2.05, 4.69) is 0 Å². The van der Waals surface area contributed by atoms with Gasteiger partial charge in [-0.2, -0.15) is 17.6 Å². The lowest BCUT2D eigenvalue weighted by Crippen LogP contribution is -2.57. The van der Waals surface area contributed by atoms with E-state index >= 15 is 0 Å². The van der Waals surface area contributed by atoms with Crippen molar-refractivity contribution in [1.82, 2.24) is 0 Å². The van der Waals surface area contributed by atoms with Crippen LogP contribution in [0.3, 0.4) is 0 Å². The minimum atomic E-state index is -5.88. The van der Waals surface area contributed by atoms with Crippen LogP contribution in [0.15, 0.2) is 0 Å². The fourth-order valence-electron chi connectivity index (χ4n) is 0.314. The van der Waals surface area contributed by atoms with Crippen LogP contribution >= 0.6 is 0 Å². The highest BCUT2D eigenvalue weighted by Gasteiger charge is 2.70. The molecule has 1 unspecified atom stereocenters. The molecule has 0 rings (SSSR count). The van der Waals surface area contributed by atoms with Gasteiger partial charge in [-0.05, 0) is 0 Å². The molecule has 0 aromatic rings. The zero-order chi connectivity index (χ0) is 10.2. The summed E-state index contributed by atoms with van der Waals surface area (Å²) in [6, 6.07) is 0. The van der Waals surface area contributed by atoms with Gasteiger partial charge in [-0.25, -0.2) is 8.78 Å². The van der Waals surface area contributed by atoms with Gasteiger partial charge in [0.25, 0.3) is 0 Å². The van der Waals surface area contributed by atoms with Gasteiger partial charge < -0.3 is 10.2 Å². The van der Waals surface area contributed by atoms with Gasteiger partial charge in [0.15, 0.2) is 6.67 Å². The molecular weight excluding hydrogens is 194 g/mol. The highest BCUT2D eigenvalue weighted by Crippen LogP contribution is 2.41. The molecule has 8 heteroatoms. The monoisotopic (exact) mass is 198 g/mol. The predicted octanol–water partition coefficient (Wildman–Crippen LogP) is 0.834. The lowest BCUT2D eigenvalue weighted by atomic mass is 10.1.